The Kier molecular flexibility index (Phi) is 5.55. The molecule has 0 spiro atoms. The first-order chi connectivity index (χ1) is 12.7. The maximum atomic E-state index is 12.9. The highest BCUT2D eigenvalue weighted by atomic mass is 16.3. The molecule has 8 heteroatoms. The fourth-order valence-electron chi connectivity index (χ4n) is 4.47. The fraction of sp³-hybridized carbons (Fsp3) is 0.737. The number of carbonyl (C=O) groups is 4. The summed E-state index contributed by atoms with van der Waals surface area (Å²) in [5, 5.41) is 10.7. The molecular weight excluding hydrogens is 350 g/mol. The van der Waals surface area contributed by atoms with Gasteiger partial charge < -0.3 is 20.6 Å². The summed E-state index contributed by atoms with van der Waals surface area (Å²) in [6.45, 7) is 1.96. The van der Waals surface area contributed by atoms with E-state index in [0.717, 1.165) is 19.3 Å². The minimum atomic E-state index is -1.38. The van der Waals surface area contributed by atoms with E-state index in [9.17, 15) is 24.3 Å². The number of rotatable bonds is 5. The number of hydrogen-bond donors (Lipinski definition) is 2. The van der Waals surface area contributed by atoms with Crippen LogP contribution in [0.5, 0.6) is 0 Å². The number of ketones is 1. The Hall–Kier alpha value is -1.96. The van der Waals surface area contributed by atoms with Gasteiger partial charge in [0.25, 0.3) is 5.91 Å². The Morgan fingerprint density at radius 1 is 1.26 bits per heavy atom. The van der Waals surface area contributed by atoms with Gasteiger partial charge in [-0.1, -0.05) is 26.2 Å². The van der Waals surface area contributed by atoms with Crippen molar-refractivity contribution < 1.29 is 24.3 Å². The third-order valence-electron chi connectivity index (χ3n) is 6.18. The first-order valence-corrected chi connectivity index (χ1v) is 9.74. The summed E-state index contributed by atoms with van der Waals surface area (Å²) in [5.41, 5.74) is 3.83. The van der Waals surface area contributed by atoms with Crippen LogP contribution in [0.4, 0.5) is 0 Å². The molecule has 2 aliphatic heterocycles. The molecule has 27 heavy (non-hydrogen) atoms. The van der Waals surface area contributed by atoms with Crippen LogP contribution in [0, 0.1) is 12.3 Å². The van der Waals surface area contributed by atoms with Crippen molar-refractivity contribution in [2.75, 3.05) is 13.1 Å². The van der Waals surface area contributed by atoms with Gasteiger partial charge in [-0.15, -0.1) is 0 Å². The van der Waals surface area contributed by atoms with Crippen molar-refractivity contribution in [1.82, 2.24) is 9.80 Å². The monoisotopic (exact) mass is 378 g/mol. The summed E-state index contributed by atoms with van der Waals surface area (Å²) in [7, 11) is 0. The summed E-state index contributed by atoms with van der Waals surface area (Å²) in [5.74, 6) is -1.79. The van der Waals surface area contributed by atoms with E-state index in [1.54, 1.807) is 6.92 Å². The molecular formula is C19H28N3O5. The third-order valence-corrected chi connectivity index (χ3v) is 6.18. The van der Waals surface area contributed by atoms with Crippen molar-refractivity contribution in [2.24, 2.45) is 11.7 Å². The molecule has 1 saturated carbocycles. The number of hydrogen-bond acceptors (Lipinski definition) is 5. The molecule has 3 atom stereocenters. The van der Waals surface area contributed by atoms with Crippen molar-refractivity contribution in [1.29, 1.82) is 0 Å². The predicted molar refractivity (Wildman–Crippen MR) is 95.9 cm³/mol. The van der Waals surface area contributed by atoms with Crippen LogP contribution in [0.2, 0.25) is 0 Å². The van der Waals surface area contributed by atoms with Gasteiger partial charge in [0.2, 0.25) is 11.8 Å². The van der Waals surface area contributed by atoms with Crippen LogP contribution in [0.15, 0.2) is 0 Å². The molecule has 3 fully saturated rings. The van der Waals surface area contributed by atoms with Gasteiger partial charge in [-0.3, -0.25) is 19.2 Å². The Morgan fingerprint density at radius 3 is 2.56 bits per heavy atom. The zero-order chi connectivity index (χ0) is 19.8. The van der Waals surface area contributed by atoms with E-state index in [1.807, 2.05) is 0 Å². The highest BCUT2D eigenvalue weighted by molar-refractivity contribution is 6.00. The van der Waals surface area contributed by atoms with Gasteiger partial charge in [0.05, 0.1) is 19.0 Å². The van der Waals surface area contributed by atoms with Crippen LogP contribution in [-0.4, -0.2) is 69.2 Å². The first kappa shape index (κ1) is 19.8. The SMILES string of the molecule is CC(C[CH]C(=O)N1CCC2C1C(=O)CN2C(=O)C1(O)CCCCC1)C(N)=O. The van der Waals surface area contributed by atoms with Crippen molar-refractivity contribution in [3.8, 4) is 0 Å². The Labute approximate surface area is 159 Å². The quantitative estimate of drug-likeness (QED) is 0.685. The normalized spacial score (nSPS) is 28.1. The van der Waals surface area contributed by atoms with Gasteiger partial charge in [-0.2, -0.15) is 0 Å². The van der Waals surface area contributed by atoms with Crippen molar-refractivity contribution in [2.45, 2.75) is 69.6 Å². The molecule has 0 bridgehead atoms. The smallest absolute Gasteiger partial charge is 0.255 e. The van der Waals surface area contributed by atoms with E-state index in [1.165, 1.54) is 16.2 Å². The number of amides is 3. The van der Waals surface area contributed by atoms with E-state index in [0.29, 0.717) is 25.8 Å². The second-order valence-electron chi connectivity index (χ2n) is 8.07. The van der Waals surface area contributed by atoms with Crippen LogP contribution in [0.3, 0.4) is 0 Å². The highest BCUT2D eigenvalue weighted by Gasteiger charge is 2.54. The Morgan fingerprint density at radius 2 is 1.93 bits per heavy atom. The maximum absolute atomic E-state index is 12.9. The average Bonchev–Trinajstić information content (AvgIpc) is 3.21. The Balaban J connectivity index is 1.66. The summed E-state index contributed by atoms with van der Waals surface area (Å²) in [6, 6.07) is -1.03. The van der Waals surface area contributed by atoms with E-state index in [-0.39, 0.29) is 36.6 Å². The zero-order valence-corrected chi connectivity index (χ0v) is 15.7. The first-order valence-electron chi connectivity index (χ1n) is 9.74. The second-order valence-corrected chi connectivity index (χ2v) is 8.07. The van der Waals surface area contributed by atoms with Crippen molar-refractivity contribution >= 4 is 23.5 Å². The van der Waals surface area contributed by atoms with Crippen LogP contribution in [0.1, 0.15) is 51.9 Å². The number of fused-ring (bicyclic) bond motifs is 1. The van der Waals surface area contributed by atoms with Gasteiger partial charge in [-0.05, 0) is 25.7 Å². The molecule has 3 amide bonds. The minimum absolute atomic E-state index is 0.0576. The maximum Gasteiger partial charge on any atom is 0.255 e. The number of Topliss-reactive ketones (excluding diaryl/α,β-unsaturated/α-hetero) is 1. The lowest BCUT2D eigenvalue weighted by molar-refractivity contribution is -0.156. The lowest BCUT2D eigenvalue weighted by atomic mass is 9.83. The summed E-state index contributed by atoms with van der Waals surface area (Å²) in [4.78, 5) is 52.1. The summed E-state index contributed by atoms with van der Waals surface area (Å²) >= 11 is 0. The Bertz CT molecular complexity index is 643. The summed E-state index contributed by atoms with van der Waals surface area (Å²) in [6.07, 6.45) is 5.59. The lowest BCUT2D eigenvalue weighted by Gasteiger charge is -2.36. The number of likely N-dealkylation sites (tertiary alicyclic amines) is 2. The third kappa shape index (κ3) is 3.72. The van der Waals surface area contributed by atoms with Crippen LogP contribution >= 0.6 is 0 Å². The minimum Gasteiger partial charge on any atom is -0.380 e. The molecule has 3 unspecified atom stereocenters. The van der Waals surface area contributed by atoms with Gasteiger partial charge in [-0.25, -0.2) is 0 Å². The molecule has 2 heterocycles. The van der Waals surface area contributed by atoms with E-state index < -0.39 is 23.5 Å². The standard InChI is InChI=1S/C19H28N3O5/c1-12(17(20)25)5-6-15(24)21-10-7-13-16(21)14(23)11-22(13)18(26)19(27)8-3-2-4-9-19/h6,12-13,16,27H,2-5,7-11H2,1H3,(H2,20,25). The van der Waals surface area contributed by atoms with Crippen LogP contribution < -0.4 is 5.73 Å². The van der Waals surface area contributed by atoms with E-state index in [2.05, 4.69) is 0 Å². The second kappa shape index (κ2) is 7.58. The number of nitrogens with two attached hydrogens (primary N) is 1. The molecule has 149 valence electrons. The topological polar surface area (TPSA) is 121 Å². The molecule has 3 N–H and O–H groups in total. The molecule has 0 aromatic heterocycles. The number of carbonyl (C=O) groups excluding carboxylic acids is 4. The molecule has 3 aliphatic rings. The average molecular weight is 378 g/mol. The van der Waals surface area contributed by atoms with Crippen LogP contribution in [0.25, 0.3) is 0 Å². The van der Waals surface area contributed by atoms with Gasteiger partial charge in [0.1, 0.15) is 11.6 Å². The van der Waals surface area contributed by atoms with Crippen molar-refractivity contribution in [3.05, 3.63) is 6.42 Å². The largest absolute Gasteiger partial charge is 0.380 e. The molecule has 3 rings (SSSR count). The zero-order valence-electron chi connectivity index (χ0n) is 15.7. The van der Waals surface area contributed by atoms with Gasteiger partial charge >= 0.3 is 0 Å². The lowest BCUT2D eigenvalue weighted by Crippen LogP contribution is -2.52. The number of aliphatic hydroxyl groups is 1. The van der Waals surface area contributed by atoms with Crippen LogP contribution in [-0.2, 0) is 19.2 Å². The van der Waals surface area contributed by atoms with Gasteiger partial charge in [0, 0.05) is 12.5 Å². The van der Waals surface area contributed by atoms with E-state index in [4.69, 9.17) is 5.73 Å². The number of nitrogens with zero attached hydrogens (tertiary/aromatic N) is 2. The van der Waals surface area contributed by atoms with E-state index >= 15 is 0 Å². The van der Waals surface area contributed by atoms with Gasteiger partial charge in [0.15, 0.2) is 5.78 Å². The fourth-order valence-corrected chi connectivity index (χ4v) is 4.47. The highest BCUT2D eigenvalue weighted by Crippen LogP contribution is 2.36. The molecule has 1 radical (unpaired) electrons. The van der Waals surface area contributed by atoms with Crippen molar-refractivity contribution in [3.63, 3.8) is 0 Å². The molecule has 2 saturated heterocycles. The predicted octanol–water partition coefficient (Wildman–Crippen LogP) is -0.222. The number of primary amides is 1. The summed E-state index contributed by atoms with van der Waals surface area (Å²) < 4.78 is 0. The molecule has 8 nitrogen and oxygen atoms in total. The molecule has 1 aliphatic carbocycles. The molecule has 0 aromatic rings. The molecule has 0 aromatic carbocycles.